The maximum atomic E-state index is 13.1. The predicted molar refractivity (Wildman–Crippen MR) is 127 cm³/mol. The van der Waals surface area contributed by atoms with Crippen molar-refractivity contribution in [3.63, 3.8) is 0 Å². The van der Waals surface area contributed by atoms with Crippen molar-refractivity contribution < 1.29 is 13.6 Å². The summed E-state index contributed by atoms with van der Waals surface area (Å²) in [4.78, 5) is 21.0. The van der Waals surface area contributed by atoms with Crippen LogP contribution in [0.4, 0.5) is 10.1 Å². The number of benzene rings is 1. The Balaban J connectivity index is 0.00000320. The standard InChI is InChI=1S/C21H28FN5O2.HI/c1-2-23-21(25-16-19-4-3-15-29-19)24-10-9-20(28)27-13-11-26(12-14-27)18-7-5-17(22)6-8-18;/h3-8,15H,2,9-14,16H2,1H3,(H2,23,24,25);1H. The first kappa shape index (κ1) is 24.0. The third kappa shape index (κ3) is 7.19. The van der Waals surface area contributed by atoms with Crippen LogP contribution in [0, 0.1) is 5.82 Å². The number of aliphatic imine (C=N–C) groups is 1. The number of amides is 1. The van der Waals surface area contributed by atoms with E-state index in [1.807, 2.05) is 24.0 Å². The molecule has 0 spiro atoms. The molecule has 1 aliphatic heterocycles. The van der Waals surface area contributed by atoms with Crippen LogP contribution in [0.25, 0.3) is 0 Å². The molecule has 0 unspecified atom stereocenters. The number of carbonyl (C=O) groups excluding carboxylic acids is 1. The first-order valence-electron chi connectivity index (χ1n) is 9.98. The van der Waals surface area contributed by atoms with Crippen LogP contribution in [0.1, 0.15) is 19.1 Å². The van der Waals surface area contributed by atoms with Gasteiger partial charge in [-0.1, -0.05) is 0 Å². The smallest absolute Gasteiger partial charge is 0.224 e. The zero-order valence-electron chi connectivity index (χ0n) is 17.1. The van der Waals surface area contributed by atoms with Crippen molar-refractivity contribution in [2.75, 3.05) is 44.2 Å². The SMILES string of the molecule is CCNC(=NCc1ccco1)NCCC(=O)N1CCN(c2ccc(F)cc2)CC1.I. The number of furan rings is 1. The molecule has 2 aromatic rings. The van der Waals surface area contributed by atoms with Gasteiger partial charge in [0.2, 0.25) is 5.91 Å². The predicted octanol–water partition coefficient (Wildman–Crippen LogP) is 2.83. The van der Waals surface area contributed by atoms with E-state index in [9.17, 15) is 9.18 Å². The van der Waals surface area contributed by atoms with Crippen molar-refractivity contribution in [1.29, 1.82) is 0 Å². The molecule has 2 N–H and O–H groups in total. The summed E-state index contributed by atoms with van der Waals surface area (Å²) in [6, 6.07) is 10.2. The van der Waals surface area contributed by atoms with Gasteiger partial charge in [-0.05, 0) is 43.3 Å². The Morgan fingerprint density at radius 1 is 1.13 bits per heavy atom. The summed E-state index contributed by atoms with van der Waals surface area (Å²) in [5.41, 5.74) is 0.989. The second kappa shape index (κ2) is 12.4. The van der Waals surface area contributed by atoms with Crippen LogP contribution in [0.2, 0.25) is 0 Å². The van der Waals surface area contributed by atoms with Gasteiger partial charge in [0.25, 0.3) is 0 Å². The lowest BCUT2D eigenvalue weighted by Gasteiger charge is -2.36. The highest BCUT2D eigenvalue weighted by atomic mass is 127. The summed E-state index contributed by atoms with van der Waals surface area (Å²) in [5.74, 6) is 1.34. The van der Waals surface area contributed by atoms with Gasteiger partial charge in [0.15, 0.2) is 5.96 Å². The van der Waals surface area contributed by atoms with Crippen LogP contribution in [0.15, 0.2) is 52.1 Å². The molecule has 1 amide bonds. The molecular formula is C21H29FIN5O2. The molecule has 164 valence electrons. The minimum Gasteiger partial charge on any atom is -0.467 e. The van der Waals surface area contributed by atoms with Crippen LogP contribution >= 0.6 is 24.0 Å². The van der Waals surface area contributed by atoms with Crippen LogP contribution in [0.5, 0.6) is 0 Å². The lowest BCUT2D eigenvalue weighted by Crippen LogP contribution is -2.49. The number of nitrogens with zero attached hydrogens (tertiary/aromatic N) is 3. The highest BCUT2D eigenvalue weighted by Gasteiger charge is 2.21. The van der Waals surface area contributed by atoms with Gasteiger partial charge in [0.05, 0.1) is 6.26 Å². The molecule has 1 aromatic carbocycles. The van der Waals surface area contributed by atoms with Gasteiger partial charge in [0.1, 0.15) is 18.1 Å². The molecule has 0 atom stereocenters. The van der Waals surface area contributed by atoms with E-state index < -0.39 is 0 Å². The van der Waals surface area contributed by atoms with Crippen LogP contribution in [-0.2, 0) is 11.3 Å². The van der Waals surface area contributed by atoms with Gasteiger partial charge in [-0.3, -0.25) is 4.79 Å². The van der Waals surface area contributed by atoms with E-state index in [-0.39, 0.29) is 35.7 Å². The average molecular weight is 529 g/mol. The fourth-order valence-electron chi connectivity index (χ4n) is 3.21. The molecular weight excluding hydrogens is 500 g/mol. The molecule has 30 heavy (non-hydrogen) atoms. The summed E-state index contributed by atoms with van der Waals surface area (Å²) in [5, 5.41) is 6.36. The van der Waals surface area contributed by atoms with E-state index in [0.29, 0.717) is 38.6 Å². The summed E-state index contributed by atoms with van der Waals surface area (Å²) < 4.78 is 18.4. The number of piperazine rings is 1. The molecule has 1 fully saturated rings. The van der Waals surface area contributed by atoms with E-state index in [4.69, 9.17) is 4.42 Å². The van der Waals surface area contributed by atoms with Gasteiger partial charge in [-0.15, -0.1) is 24.0 Å². The number of guanidine groups is 1. The minimum absolute atomic E-state index is 0. The molecule has 3 rings (SSSR count). The Labute approximate surface area is 193 Å². The Hall–Kier alpha value is -2.30. The van der Waals surface area contributed by atoms with Gasteiger partial charge in [-0.25, -0.2) is 9.38 Å². The van der Waals surface area contributed by atoms with E-state index in [1.165, 1.54) is 12.1 Å². The van der Waals surface area contributed by atoms with E-state index >= 15 is 0 Å². The van der Waals surface area contributed by atoms with Crippen LogP contribution < -0.4 is 15.5 Å². The first-order chi connectivity index (χ1) is 14.2. The zero-order valence-corrected chi connectivity index (χ0v) is 19.5. The number of hydrogen-bond donors (Lipinski definition) is 2. The number of rotatable bonds is 7. The van der Waals surface area contributed by atoms with Crippen molar-refractivity contribution in [2.45, 2.75) is 19.9 Å². The van der Waals surface area contributed by atoms with Crippen molar-refractivity contribution in [2.24, 2.45) is 4.99 Å². The molecule has 0 bridgehead atoms. The Bertz CT molecular complexity index is 790. The first-order valence-corrected chi connectivity index (χ1v) is 9.98. The average Bonchev–Trinajstić information content (AvgIpc) is 3.26. The summed E-state index contributed by atoms with van der Waals surface area (Å²) in [6.07, 6.45) is 2.03. The fourth-order valence-corrected chi connectivity index (χ4v) is 3.21. The second-order valence-electron chi connectivity index (χ2n) is 6.80. The number of nitrogens with one attached hydrogen (secondary N) is 2. The van der Waals surface area contributed by atoms with Crippen LogP contribution in [0.3, 0.4) is 0 Å². The fraction of sp³-hybridized carbons (Fsp3) is 0.429. The Kier molecular flexibility index (Phi) is 9.92. The van der Waals surface area contributed by atoms with Crippen molar-refractivity contribution in [3.8, 4) is 0 Å². The van der Waals surface area contributed by atoms with Crippen molar-refractivity contribution in [3.05, 3.63) is 54.2 Å². The monoisotopic (exact) mass is 529 g/mol. The maximum Gasteiger partial charge on any atom is 0.224 e. The highest BCUT2D eigenvalue weighted by Crippen LogP contribution is 2.17. The zero-order chi connectivity index (χ0) is 20.5. The number of carbonyl (C=O) groups is 1. The molecule has 1 saturated heterocycles. The molecule has 7 nitrogen and oxygen atoms in total. The summed E-state index contributed by atoms with van der Waals surface area (Å²) in [7, 11) is 0. The van der Waals surface area contributed by atoms with Crippen LogP contribution in [-0.4, -0.2) is 56.0 Å². The van der Waals surface area contributed by atoms with E-state index in [1.54, 1.807) is 18.4 Å². The number of anilines is 1. The van der Waals surface area contributed by atoms with Gasteiger partial charge in [-0.2, -0.15) is 0 Å². The third-order valence-electron chi connectivity index (χ3n) is 4.77. The molecule has 1 aromatic heterocycles. The largest absolute Gasteiger partial charge is 0.467 e. The molecule has 2 heterocycles. The van der Waals surface area contributed by atoms with Crippen molar-refractivity contribution in [1.82, 2.24) is 15.5 Å². The lowest BCUT2D eigenvalue weighted by molar-refractivity contribution is -0.131. The molecule has 0 radical (unpaired) electrons. The quantitative estimate of drug-likeness (QED) is 0.328. The molecule has 9 heteroatoms. The molecule has 1 aliphatic rings. The van der Waals surface area contributed by atoms with E-state index in [0.717, 1.165) is 31.1 Å². The summed E-state index contributed by atoms with van der Waals surface area (Å²) in [6.45, 7) is 6.53. The molecule has 0 saturated carbocycles. The Morgan fingerprint density at radius 3 is 2.50 bits per heavy atom. The topological polar surface area (TPSA) is 73.1 Å². The highest BCUT2D eigenvalue weighted by molar-refractivity contribution is 14.0. The maximum absolute atomic E-state index is 13.1. The van der Waals surface area contributed by atoms with Crippen molar-refractivity contribution >= 4 is 41.5 Å². The van der Waals surface area contributed by atoms with Gasteiger partial charge >= 0.3 is 0 Å². The third-order valence-corrected chi connectivity index (χ3v) is 4.77. The van der Waals surface area contributed by atoms with Gasteiger partial charge < -0.3 is 24.9 Å². The summed E-state index contributed by atoms with van der Waals surface area (Å²) >= 11 is 0. The number of hydrogen-bond acceptors (Lipinski definition) is 4. The van der Waals surface area contributed by atoms with E-state index in [2.05, 4.69) is 20.5 Å². The molecule has 0 aliphatic carbocycles. The van der Waals surface area contributed by atoms with Gasteiger partial charge in [0, 0.05) is 51.4 Å². The minimum atomic E-state index is -0.236. The normalized spacial score (nSPS) is 14.3. The lowest BCUT2D eigenvalue weighted by atomic mass is 10.2. The Morgan fingerprint density at radius 2 is 1.87 bits per heavy atom. The second-order valence-corrected chi connectivity index (χ2v) is 6.80. The number of halogens is 2.